The third-order valence-corrected chi connectivity index (χ3v) is 3.21. The van der Waals surface area contributed by atoms with Crippen LogP contribution in [0.15, 0.2) is 18.2 Å². The van der Waals surface area contributed by atoms with E-state index in [2.05, 4.69) is 5.32 Å². The maximum atomic E-state index is 10.8. The van der Waals surface area contributed by atoms with Gasteiger partial charge in [-0.05, 0) is 25.3 Å². The number of nitrogens with zero attached hydrogens (tertiary/aromatic N) is 1. The number of aliphatic hydroxyl groups excluding tert-OH is 1. The Labute approximate surface area is 105 Å². The van der Waals surface area contributed by atoms with Crippen molar-refractivity contribution < 1.29 is 14.8 Å². The quantitative estimate of drug-likeness (QED) is 0.631. The number of ether oxygens (including phenoxy) is 1. The Hall–Kier alpha value is -1.82. The maximum Gasteiger partial charge on any atom is 0.311 e. The van der Waals surface area contributed by atoms with Crippen molar-refractivity contribution in [3.63, 3.8) is 0 Å². The SMILES string of the molecule is COc1cc(N[C@H]2CCC[C@@H]2O)ccc1[N+](=O)[O-]. The molecule has 1 aliphatic rings. The summed E-state index contributed by atoms with van der Waals surface area (Å²) in [5, 5.41) is 23.7. The number of hydrogen-bond donors (Lipinski definition) is 2. The summed E-state index contributed by atoms with van der Waals surface area (Å²) >= 11 is 0. The van der Waals surface area contributed by atoms with Crippen LogP contribution in [0.5, 0.6) is 5.75 Å². The van der Waals surface area contributed by atoms with Crippen LogP contribution in [0.2, 0.25) is 0 Å². The molecule has 2 rings (SSSR count). The monoisotopic (exact) mass is 252 g/mol. The number of nitro groups is 1. The molecule has 0 amide bonds. The summed E-state index contributed by atoms with van der Waals surface area (Å²) < 4.78 is 4.99. The van der Waals surface area contributed by atoms with Gasteiger partial charge < -0.3 is 15.2 Å². The Kier molecular flexibility index (Phi) is 3.66. The van der Waals surface area contributed by atoms with Crippen LogP contribution >= 0.6 is 0 Å². The molecule has 2 N–H and O–H groups in total. The Morgan fingerprint density at radius 1 is 1.50 bits per heavy atom. The first-order valence-corrected chi connectivity index (χ1v) is 5.89. The van der Waals surface area contributed by atoms with Gasteiger partial charge in [0.2, 0.25) is 0 Å². The lowest BCUT2D eigenvalue weighted by molar-refractivity contribution is -0.385. The minimum absolute atomic E-state index is 0.0103. The molecule has 2 atom stereocenters. The summed E-state index contributed by atoms with van der Waals surface area (Å²) in [6, 6.07) is 4.63. The number of hydrogen-bond acceptors (Lipinski definition) is 5. The van der Waals surface area contributed by atoms with E-state index in [0.29, 0.717) is 0 Å². The molecule has 0 aromatic heterocycles. The van der Waals surface area contributed by atoms with Crippen molar-refractivity contribution in [1.29, 1.82) is 0 Å². The minimum Gasteiger partial charge on any atom is -0.490 e. The van der Waals surface area contributed by atoms with Gasteiger partial charge in [0, 0.05) is 17.8 Å². The fourth-order valence-corrected chi connectivity index (χ4v) is 2.24. The molecule has 6 heteroatoms. The van der Waals surface area contributed by atoms with Gasteiger partial charge in [0.05, 0.1) is 24.2 Å². The van der Waals surface area contributed by atoms with Crippen molar-refractivity contribution in [2.75, 3.05) is 12.4 Å². The number of nitro benzene ring substituents is 1. The first kappa shape index (κ1) is 12.6. The summed E-state index contributed by atoms with van der Waals surface area (Å²) in [5.74, 6) is 0.220. The van der Waals surface area contributed by atoms with Crippen LogP contribution < -0.4 is 10.1 Å². The van der Waals surface area contributed by atoms with Crippen molar-refractivity contribution >= 4 is 11.4 Å². The van der Waals surface area contributed by atoms with Gasteiger partial charge in [0.25, 0.3) is 0 Å². The van der Waals surface area contributed by atoms with Gasteiger partial charge in [-0.2, -0.15) is 0 Å². The second-order valence-corrected chi connectivity index (χ2v) is 4.39. The molecule has 0 radical (unpaired) electrons. The largest absolute Gasteiger partial charge is 0.490 e. The summed E-state index contributed by atoms with van der Waals surface area (Å²) in [5.41, 5.74) is 0.665. The van der Waals surface area contributed by atoms with Crippen LogP contribution in [0.4, 0.5) is 11.4 Å². The Bertz CT molecular complexity index is 450. The van der Waals surface area contributed by atoms with Crippen molar-refractivity contribution in [2.45, 2.75) is 31.4 Å². The molecule has 0 bridgehead atoms. The smallest absolute Gasteiger partial charge is 0.311 e. The van der Waals surface area contributed by atoms with Gasteiger partial charge in [-0.1, -0.05) is 0 Å². The molecule has 1 fully saturated rings. The van der Waals surface area contributed by atoms with E-state index in [1.807, 2.05) is 0 Å². The molecule has 1 aliphatic carbocycles. The van der Waals surface area contributed by atoms with E-state index in [4.69, 9.17) is 4.74 Å². The van der Waals surface area contributed by atoms with Crippen molar-refractivity contribution in [3.8, 4) is 5.75 Å². The highest BCUT2D eigenvalue weighted by atomic mass is 16.6. The molecule has 1 saturated carbocycles. The topological polar surface area (TPSA) is 84.6 Å². The number of aliphatic hydroxyl groups is 1. The number of benzene rings is 1. The van der Waals surface area contributed by atoms with Gasteiger partial charge in [-0.3, -0.25) is 10.1 Å². The lowest BCUT2D eigenvalue weighted by atomic mass is 10.2. The highest BCUT2D eigenvalue weighted by molar-refractivity contribution is 5.58. The van der Waals surface area contributed by atoms with Crippen LogP contribution in [0.3, 0.4) is 0 Å². The third-order valence-electron chi connectivity index (χ3n) is 3.21. The first-order chi connectivity index (χ1) is 8.61. The Morgan fingerprint density at radius 3 is 2.83 bits per heavy atom. The van der Waals surface area contributed by atoms with E-state index in [1.165, 1.54) is 13.2 Å². The molecule has 0 saturated heterocycles. The predicted molar refractivity (Wildman–Crippen MR) is 66.9 cm³/mol. The van der Waals surface area contributed by atoms with Crippen LogP contribution in [0, 0.1) is 10.1 Å². The summed E-state index contributed by atoms with van der Waals surface area (Å²) in [4.78, 5) is 10.3. The fraction of sp³-hybridized carbons (Fsp3) is 0.500. The molecular weight excluding hydrogens is 236 g/mol. The lowest BCUT2D eigenvalue weighted by Crippen LogP contribution is -2.27. The van der Waals surface area contributed by atoms with Gasteiger partial charge in [0.15, 0.2) is 5.75 Å². The van der Waals surface area contributed by atoms with Gasteiger partial charge in [-0.15, -0.1) is 0 Å². The summed E-state index contributed by atoms with van der Waals surface area (Å²) in [6.45, 7) is 0. The second kappa shape index (κ2) is 5.22. The molecule has 6 nitrogen and oxygen atoms in total. The summed E-state index contributed by atoms with van der Waals surface area (Å²) in [6.07, 6.45) is 2.33. The molecule has 18 heavy (non-hydrogen) atoms. The number of anilines is 1. The van der Waals surface area contributed by atoms with E-state index in [9.17, 15) is 15.2 Å². The summed E-state index contributed by atoms with van der Waals surface area (Å²) in [7, 11) is 1.40. The van der Waals surface area contributed by atoms with E-state index in [0.717, 1.165) is 24.9 Å². The highest BCUT2D eigenvalue weighted by Crippen LogP contribution is 2.31. The van der Waals surface area contributed by atoms with Crippen LogP contribution in [0.25, 0.3) is 0 Å². The van der Waals surface area contributed by atoms with E-state index >= 15 is 0 Å². The van der Waals surface area contributed by atoms with E-state index < -0.39 is 4.92 Å². The van der Waals surface area contributed by atoms with Gasteiger partial charge in [-0.25, -0.2) is 0 Å². The predicted octanol–water partition coefficient (Wildman–Crippen LogP) is 1.93. The van der Waals surface area contributed by atoms with Crippen LogP contribution in [-0.4, -0.2) is 29.3 Å². The molecule has 0 spiro atoms. The minimum atomic E-state index is -0.479. The van der Waals surface area contributed by atoms with Gasteiger partial charge >= 0.3 is 5.69 Å². The standard InChI is InChI=1S/C12H16N2O4/c1-18-12-7-8(5-6-10(12)14(16)17)13-9-3-2-4-11(9)15/h5-7,9,11,13,15H,2-4H2,1H3/t9-,11-/m0/s1. The molecule has 1 aromatic carbocycles. The zero-order valence-electron chi connectivity index (χ0n) is 10.1. The van der Waals surface area contributed by atoms with Crippen molar-refractivity contribution in [3.05, 3.63) is 28.3 Å². The second-order valence-electron chi connectivity index (χ2n) is 4.39. The molecule has 1 aromatic rings. The molecule has 0 unspecified atom stereocenters. The number of rotatable bonds is 4. The average Bonchev–Trinajstić information content (AvgIpc) is 2.74. The number of nitrogens with one attached hydrogen (secondary N) is 1. The van der Waals surface area contributed by atoms with Crippen LogP contribution in [-0.2, 0) is 0 Å². The normalized spacial score (nSPS) is 22.8. The van der Waals surface area contributed by atoms with E-state index in [1.54, 1.807) is 12.1 Å². The van der Waals surface area contributed by atoms with E-state index in [-0.39, 0.29) is 23.6 Å². The number of methoxy groups -OCH3 is 1. The van der Waals surface area contributed by atoms with Gasteiger partial charge in [0.1, 0.15) is 0 Å². The fourth-order valence-electron chi connectivity index (χ4n) is 2.24. The average molecular weight is 252 g/mol. The Balaban J connectivity index is 2.17. The molecule has 0 aliphatic heterocycles. The first-order valence-electron chi connectivity index (χ1n) is 5.89. The zero-order valence-corrected chi connectivity index (χ0v) is 10.1. The zero-order chi connectivity index (χ0) is 13.1. The third kappa shape index (κ3) is 2.53. The molecule has 98 valence electrons. The van der Waals surface area contributed by atoms with Crippen molar-refractivity contribution in [1.82, 2.24) is 0 Å². The molecule has 0 heterocycles. The Morgan fingerprint density at radius 2 is 2.28 bits per heavy atom. The van der Waals surface area contributed by atoms with Crippen LogP contribution in [0.1, 0.15) is 19.3 Å². The van der Waals surface area contributed by atoms with Crippen molar-refractivity contribution in [2.24, 2.45) is 0 Å². The highest BCUT2D eigenvalue weighted by Gasteiger charge is 2.25. The maximum absolute atomic E-state index is 10.8. The lowest BCUT2D eigenvalue weighted by Gasteiger charge is -2.18. The molecular formula is C12H16N2O4.